The summed E-state index contributed by atoms with van der Waals surface area (Å²) in [5, 5.41) is 10.8. The van der Waals surface area contributed by atoms with Gasteiger partial charge < -0.3 is 9.84 Å². The van der Waals surface area contributed by atoms with E-state index < -0.39 is 17.1 Å². The fraction of sp³-hybridized carbons (Fsp3) is 0.600. The van der Waals surface area contributed by atoms with Gasteiger partial charge in [0, 0.05) is 10.0 Å². The van der Waals surface area contributed by atoms with Gasteiger partial charge in [-0.05, 0) is 69.4 Å². The normalized spacial score (nSPS) is 36.9. The molecule has 0 amide bonds. The van der Waals surface area contributed by atoms with Crippen LogP contribution in [0.25, 0.3) is 0 Å². The number of ketones is 1. The lowest BCUT2D eigenvalue weighted by atomic mass is 9.48. The maximum Gasteiger partial charge on any atom is 0.312 e. The lowest BCUT2D eigenvalue weighted by Gasteiger charge is -2.58. The third-order valence-corrected chi connectivity index (χ3v) is 6.77. The number of carbonyl (C=O) groups excluding carboxylic acids is 2. The first-order valence-electron chi connectivity index (χ1n) is 9.02. The van der Waals surface area contributed by atoms with Crippen LogP contribution in [0.1, 0.15) is 55.8 Å². The largest absolute Gasteiger partial charge is 0.454 e. The minimum Gasteiger partial charge on any atom is -0.454 e. The Labute approximate surface area is 156 Å². The van der Waals surface area contributed by atoms with Crippen LogP contribution in [0.3, 0.4) is 0 Å². The second-order valence-electron chi connectivity index (χ2n) is 8.38. The Morgan fingerprint density at radius 1 is 1.16 bits per heavy atom. The summed E-state index contributed by atoms with van der Waals surface area (Å²) >= 11 is 3.35. The van der Waals surface area contributed by atoms with Crippen molar-refractivity contribution in [1.29, 1.82) is 0 Å². The van der Waals surface area contributed by atoms with Gasteiger partial charge in [-0.3, -0.25) is 9.59 Å². The Morgan fingerprint density at radius 3 is 2.32 bits per heavy atom. The number of halogens is 1. The molecule has 4 aliphatic carbocycles. The third-order valence-electron chi connectivity index (χ3n) is 6.25. The number of hydrogen-bond acceptors (Lipinski definition) is 4. The monoisotopic (exact) mass is 406 g/mol. The molecule has 0 saturated heterocycles. The molecule has 5 heteroatoms. The van der Waals surface area contributed by atoms with Gasteiger partial charge >= 0.3 is 5.97 Å². The van der Waals surface area contributed by atoms with Crippen molar-refractivity contribution in [3.63, 3.8) is 0 Å². The van der Waals surface area contributed by atoms with Crippen molar-refractivity contribution < 1.29 is 19.4 Å². The topological polar surface area (TPSA) is 63.6 Å². The zero-order chi connectivity index (χ0) is 17.8. The highest BCUT2D eigenvalue weighted by molar-refractivity contribution is 9.10. The molecule has 0 aliphatic heterocycles. The van der Waals surface area contributed by atoms with Crippen LogP contribution in [-0.4, -0.2) is 28.6 Å². The van der Waals surface area contributed by atoms with Gasteiger partial charge in [0.2, 0.25) is 5.78 Å². The van der Waals surface area contributed by atoms with Crippen LogP contribution in [0, 0.1) is 17.3 Å². The average Bonchev–Trinajstić information content (AvgIpc) is 2.52. The van der Waals surface area contributed by atoms with Gasteiger partial charge in [0.15, 0.2) is 6.10 Å². The summed E-state index contributed by atoms with van der Waals surface area (Å²) in [6.45, 7) is 1.64. The fourth-order valence-corrected chi connectivity index (χ4v) is 5.91. The molecule has 0 radical (unpaired) electrons. The van der Waals surface area contributed by atoms with Crippen LogP contribution in [0.15, 0.2) is 28.7 Å². The number of rotatable bonds is 4. The van der Waals surface area contributed by atoms with E-state index in [9.17, 15) is 14.7 Å². The molecule has 1 aromatic carbocycles. The van der Waals surface area contributed by atoms with Gasteiger partial charge in [0.1, 0.15) is 0 Å². The number of carbonyl (C=O) groups is 2. The summed E-state index contributed by atoms with van der Waals surface area (Å²) in [4.78, 5) is 25.5. The average molecular weight is 407 g/mol. The van der Waals surface area contributed by atoms with Crippen molar-refractivity contribution in [1.82, 2.24) is 0 Å². The Morgan fingerprint density at radius 2 is 1.76 bits per heavy atom. The summed E-state index contributed by atoms with van der Waals surface area (Å²) in [6, 6.07) is 7.06. The molecule has 134 valence electrons. The molecule has 5 rings (SSSR count). The number of benzene rings is 1. The minimum atomic E-state index is -0.809. The SMILES string of the molecule is C[C@@H](OC(=O)C12C[C@@H]3C[C@@H](CC(O)(C3)C1)C2)C(=O)c1ccc(Br)cc1. The van der Waals surface area contributed by atoms with Crippen LogP contribution in [-0.2, 0) is 9.53 Å². The summed E-state index contributed by atoms with van der Waals surface area (Å²) < 4.78 is 6.51. The fourth-order valence-electron chi connectivity index (χ4n) is 5.64. The molecular weight excluding hydrogens is 384 g/mol. The summed E-state index contributed by atoms with van der Waals surface area (Å²) in [7, 11) is 0. The van der Waals surface area contributed by atoms with E-state index in [1.165, 1.54) is 0 Å². The molecule has 4 saturated carbocycles. The molecule has 4 aliphatic rings. The number of aliphatic hydroxyl groups is 1. The molecule has 2 unspecified atom stereocenters. The van der Waals surface area contributed by atoms with E-state index in [-0.39, 0.29) is 11.8 Å². The van der Waals surface area contributed by atoms with Gasteiger partial charge in [-0.15, -0.1) is 0 Å². The van der Waals surface area contributed by atoms with Gasteiger partial charge in [0.05, 0.1) is 11.0 Å². The highest BCUT2D eigenvalue weighted by Gasteiger charge is 2.61. The van der Waals surface area contributed by atoms with E-state index in [1.54, 1.807) is 31.2 Å². The molecule has 0 heterocycles. The van der Waals surface area contributed by atoms with E-state index in [2.05, 4.69) is 15.9 Å². The molecule has 1 aromatic rings. The van der Waals surface area contributed by atoms with Crippen LogP contribution >= 0.6 is 15.9 Å². The predicted molar refractivity (Wildman–Crippen MR) is 96.1 cm³/mol. The molecule has 25 heavy (non-hydrogen) atoms. The quantitative estimate of drug-likeness (QED) is 0.608. The Kier molecular flexibility index (Phi) is 4.08. The lowest BCUT2D eigenvalue weighted by molar-refractivity contribution is -0.197. The van der Waals surface area contributed by atoms with Crippen LogP contribution in [0.4, 0.5) is 0 Å². The first-order valence-corrected chi connectivity index (χ1v) is 9.81. The highest BCUT2D eigenvalue weighted by atomic mass is 79.9. The van der Waals surface area contributed by atoms with Crippen molar-refractivity contribution in [3.8, 4) is 0 Å². The first kappa shape index (κ1) is 17.2. The standard InChI is InChI=1S/C20H23BrO4/c1-12(17(22)15-2-4-16(21)5-3-15)25-18(23)19-7-13-6-14(8-19)10-20(24,9-13)11-19/h2-5,12-14,24H,6-11H2,1H3/t12-,13-,14+,19?,20?/m1/s1. The minimum absolute atomic E-state index is 0.190. The van der Waals surface area contributed by atoms with E-state index in [0.717, 1.165) is 36.6 Å². The molecule has 4 nitrogen and oxygen atoms in total. The Bertz CT molecular complexity index is 697. The van der Waals surface area contributed by atoms with Crippen molar-refractivity contribution in [3.05, 3.63) is 34.3 Å². The maximum atomic E-state index is 12.9. The molecule has 4 fully saturated rings. The zero-order valence-corrected chi connectivity index (χ0v) is 15.9. The van der Waals surface area contributed by atoms with E-state index in [1.807, 2.05) is 0 Å². The van der Waals surface area contributed by atoms with Crippen molar-refractivity contribution in [2.45, 2.75) is 57.2 Å². The van der Waals surface area contributed by atoms with Crippen LogP contribution < -0.4 is 0 Å². The highest BCUT2D eigenvalue weighted by Crippen LogP contribution is 2.62. The molecule has 5 atom stereocenters. The van der Waals surface area contributed by atoms with Crippen molar-refractivity contribution in [2.75, 3.05) is 0 Å². The maximum absolute atomic E-state index is 12.9. The number of hydrogen-bond donors (Lipinski definition) is 1. The predicted octanol–water partition coefficient (Wildman–Crippen LogP) is 3.89. The lowest BCUT2D eigenvalue weighted by Crippen LogP contribution is -2.58. The van der Waals surface area contributed by atoms with Gasteiger partial charge in [0.25, 0.3) is 0 Å². The van der Waals surface area contributed by atoms with Gasteiger partial charge in [-0.2, -0.15) is 0 Å². The smallest absolute Gasteiger partial charge is 0.312 e. The van der Waals surface area contributed by atoms with Gasteiger partial charge in [-0.25, -0.2) is 0 Å². The van der Waals surface area contributed by atoms with Crippen molar-refractivity contribution in [2.24, 2.45) is 17.3 Å². The van der Waals surface area contributed by atoms with E-state index in [4.69, 9.17) is 4.74 Å². The van der Waals surface area contributed by atoms with Crippen LogP contribution in [0.5, 0.6) is 0 Å². The number of ether oxygens (including phenoxy) is 1. The molecule has 0 spiro atoms. The Hall–Kier alpha value is -1.20. The van der Waals surface area contributed by atoms with E-state index >= 15 is 0 Å². The summed E-state index contributed by atoms with van der Waals surface area (Å²) in [5.41, 5.74) is -0.762. The molecule has 4 bridgehead atoms. The van der Waals surface area contributed by atoms with Crippen molar-refractivity contribution >= 4 is 27.7 Å². The number of esters is 1. The van der Waals surface area contributed by atoms with E-state index in [0.29, 0.717) is 23.8 Å². The second kappa shape index (κ2) is 5.92. The first-order chi connectivity index (χ1) is 11.8. The summed E-state index contributed by atoms with van der Waals surface area (Å²) in [6.07, 6.45) is 4.01. The molecular formula is C20H23BrO4. The van der Waals surface area contributed by atoms with Crippen LogP contribution in [0.2, 0.25) is 0 Å². The summed E-state index contributed by atoms with van der Waals surface area (Å²) in [5.74, 6) is 0.342. The molecule has 0 aromatic heterocycles. The van der Waals surface area contributed by atoms with Gasteiger partial charge in [-0.1, -0.05) is 28.1 Å². The molecule has 1 N–H and O–H groups in total. The Balaban J connectivity index is 1.48. The number of Topliss-reactive ketones (excluding diaryl/α,β-unsaturated/α-hetero) is 1. The second-order valence-corrected chi connectivity index (χ2v) is 9.30. The third kappa shape index (κ3) is 3.06. The zero-order valence-electron chi connectivity index (χ0n) is 14.3.